The van der Waals surface area contributed by atoms with Crippen molar-refractivity contribution in [2.75, 3.05) is 22.9 Å². The van der Waals surface area contributed by atoms with Crippen LogP contribution >= 0.6 is 35.5 Å². The van der Waals surface area contributed by atoms with Crippen LogP contribution in [0.15, 0.2) is 29.6 Å². The number of amides is 1. The highest BCUT2D eigenvalue weighted by Gasteiger charge is 2.23. The number of anilines is 2. The van der Waals surface area contributed by atoms with E-state index in [2.05, 4.69) is 23.8 Å². The van der Waals surface area contributed by atoms with E-state index in [0.29, 0.717) is 12.2 Å². The van der Waals surface area contributed by atoms with Gasteiger partial charge in [-0.05, 0) is 49.9 Å². The number of carbonyl (C=O) groups is 1. The van der Waals surface area contributed by atoms with Gasteiger partial charge in [-0.15, -0.1) is 35.5 Å². The van der Waals surface area contributed by atoms with Crippen LogP contribution in [-0.4, -0.2) is 28.2 Å². The zero-order valence-electron chi connectivity index (χ0n) is 15.9. The molecule has 1 aliphatic rings. The molecule has 5 nitrogen and oxygen atoms in total. The molecule has 1 aromatic carbocycles. The Labute approximate surface area is 179 Å². The zero-order chi connectivity index (χ0) is 19.0. The summed E-state index contributed by atoms with van der Waals surface area (Å²) in [6, 6.07) is 5.84. The normalized spacial score (nSPS) is 13.3. The van der Waals surface area contributed by atoms with Gasteiger partial charge < -0.3 is 10.6 Å². The highest BCUT2D eigenvalue weighted by Crippen LogP contribution is 2.35. The fourth-order valence-corrected chi connectivity index (χ4v) is 5.59. The lowest BCUT2D eigenvalue weighted by Gasteiger charge is -2.30. The molecule has 0 aliphatic carbocycles. The topological polar surface area (TPSA) is 72.1 Å². The van der Waals surface area contributed by atoms with Gasteiger partial charge in [-0.2, -0.15) is 0 Å². The number of nitrogens with two attached hydrogens (primary N) is 1. The number of carbonyl (C=O) groups excluding carboxylic acids is 1. The Morgan fingerprint density at radius 1 is 1.32 bits per heavy atom. The van der Waals surface area contributed by atoms with E-state index in [1.165, 1.54) is 10.4 Å². The molecular formula is C20H23ClN4OS2. The van der Waals surface area contributed by atoms with Crippen molar-refractivity contribution in [1.29, 1.82) is 0 Å². The van der Waals surface area contributed by atoms with E-state index in [9.17, 15) is 4.79 Å². The van der Waals surface area contributed by atoms with E-state index in [1.807, 2.05) is 23.1 Å². The maximum absolute atomic E-state index is 12.8. The standard InChI is InChI=1S/C20H22N4OS2.ClH/c1-12-13(2)27-20-18(12)19(22-11-23-20)26-10-8-17(25)24-9-4-5-14-15(21)6-3-7-16(14)24;/h3,6-7,11H,4-5,8-10,21H2,1-2H3;1H. The van der Waals surface area contributed by atoms with E-state index in [1.54, 1.807) is 29.4 Å². The molecule has 0 spiro atoms. The highest BCUT2D eigenvalue weighted by atomic mass is 35.5. The van der Waals surface area contributed by atoms with Gasteiger partial charge in [-0.1, -0.05) is 6.07 Å². The summed E-state index contributed by atoms with van der Waals surface area (Å²) in [5.74, 6) is 0.852. The van der Waals surface area contributed by atoms with Crippen LogP contribution in [0.5, 0.6) is 0 Å². The number of hydrogen-bond acceptors (Lipinski definition) is 6. The van der Waals surface area contributed by atoms with Crippen molar-refractivity contribution < 1.29 is 4.79 Å². The molecule has 8 heteroatoms. The third-order valence-corrected chi connectivity index (χ3v) is 7.18. The van der Waals surface area contributed by atoms with Gasteiger partial charge in [0.25, 0.3) is 0 Å². The number of aromatic nitrogens is 2. The minimum absolute atomic E-state index is 0. The molecule has 0 saturated carbocycles. The SMILES string of the molecule is Cc1sc2ncnc(SCCC(=O)N3CCCc4c(N)cccc43)c2c1C.Cl. The van der Waals surface area contributed by atoms with Gasteiger partial charge >= 0.3 is 0 Å². The van der Waals surface area contributed by atoms with Crippen LogP contribution in [0.3, 0.4) is 0 Å². The molecule has 2 N–H and O–H groups in total. The third kappa shape index (κ3) is 3.83. The van der Waals surface area contributed by atoms with Crippen molar-refractivity contribution in [2.24, 2.45) is 0 Å². The molecular weight excluding hydrogens is 412 g/mol. The Kier molecular flexibility index (Phi) is 6.47. The first-order chi connectivity index (χ1) is 13.1. The monoisotopic (exact) mass is 434 g/mol. The number of nitrogen functional groups attached to an aromatic ring is 1. The lowest BCUT2D eigenvalue weighted by molar-refractivity contribution is -0.118. The molecule has 28 heavy (non-hydrogen) atoms. The van der Waals surface area contributed by atoms with Crippen LogP contribution in [0.1, 0.15) is 28.8 Å². The Bertz CT molecular complexity index is 1020. The van der Waals surface area contributed by atoms with Crippen LogP contribution in [0, 0.1) is 13.8 Å². The summed E-state index contributed by atoms with van der Waals surface area (Å²) in [5, 5.41) is 2.10. The lowest BCUT2D eigenvalue weighted by atomic mass is 9.99. The van der Waals surface area contributed by atoms with Gasteiger partial charge in [0.15, 0.2) is 0 Å². The third-order valence-electron chi connectivity index (χ3n) is 5.07. The van der Waals surface area contributed by atoms with Gasteiger partial charge in [0, 0.05) is 40.4 Å². The number of thiophene rings is 1. The average Bonchev–Trinajstić information content (AvgIpc) is 2.96. The lowest BCUT2D eigenvalue weighted by Crippen LogP contribution is -2.35. The molecule has 1 aliphatic heterocycles. The molecule has 3 aromatic rings. The molecule has 0 unspecified atom stereocenters. The van der Waals surface area contributed by atoms with Crippen LogP contribution in [0.2, 0.25) is 0 Å². The van der Waals surface area contributed by atoms with E-state index >= 15 is 0 Å². The summed E-state index contributed by atoms with van der Waals surface area (Å²) in [6.45, 7) is 4.99. The summed E-state index contributed by atoms with van der Waals surface area (Å²) in [7, 11) is 0. The summed E-state index contributed by atoms with van der Waals surface area (Å²) in [4.78, 5) is 25.9. The van der Waals surface area contributed by atoms with Gasteiger partial charge in [0.2, 0.25) is 5.91 Å². The smallest absolute Gasteiger partial charge is 0.227 e. The van der Waals surface area contributed by atoms with Crippen molar-refractivity contribution in [3.8, 4) is 0 Å². The van der Waals surface area contributed by atoms with Crippen molar-refractivity contribution in [1.82, 2.24) is 9.97 Å². The Hall–Kier alpha value is -1.83. The Morgan fingerprint density at radius 2 is 2.14 bits per heavy atom. The fourth-order valence-electron chi connectivity index (χ4n) is 3.54. The van der Waals surface area contributed by atoms with Crippen molar-refractivity contribution >= 4 is 63.0 Å². The van der Waals surface area contributed by atoms with E-state index in [0.717, 1.165) is 51.6 Å². The minimum Gasteiger partial charge on any atom is -0.398 e. The molecule has 1 amide bonds. The fraction of sp³-hybridized carbons (Fsp3) is 0.350. The van der Waals surface area contributed by atoms with Gasteiger partial charge in [-0.25, -0.2) is 9.97 Å². The summed E-state index contributed by atoms with van der Waals surface area (Å²) in [5.41, 5.74) is 10.2. The Morgan fingerprint density at radius 3 is 2.96 bits per heavy atom. The molecule has 148 valence electrons. The van der Waals surface area contributed by atoms with Crippen LogP contribution in [-0.2, 0) is 11.2 Å². The number of fused-ring (bicyclic) bond motifs is 2. The van der Waals surface area contributed by atoms with Crippen LogP contribution < -0.4 is 10.6 Å². The largest absolute Gasteiger partial charge is 0.398 e. The predicted octanol–water partition coefficient (Wildman–Crippen LogP) is 4.77. The second kappa shape index (κ2) is 8.68. The van der Waals surface area contributed by atoms with Gasteiger partial charge in [-0.3, -0.25) is 4.79 Å². The van der Waals surface area contributed by atoms with E-state index < -0.39 is 0 Å². The summed E-state index contributed by atoms with van der Waals surface area (Å²) >= 11 is 3.34. The number of benzene rings is 1. The van der Waals surface area contributed by atoms with Crippen molar-refractivity contribution in [3.05, 3.63) is 40.5 Å². The first-order valence-corrected chi connectivity index (χ1v) is 10.9. The number of thioether (sulfide) groups is 1. The van der Waals surface area contributed by atoms with Gasteiger partial charge in [0.1, 0.15) is 16.2 Å². The summed E-state index contributed by atoms with van der Waals surface area (Å²) in [6.07, 6.45) is 3.99. The quantitative estimate of drug-likeness (QED) is 0.363. The first-order valence-electron chi connectivity index (χ1n) is 9.07. The zero-order valence-corrected chi connectivity index (χ0v) is 18.3. The predicted molar refractivity (Wildman–Crippen MR) is 121 cm³/mol. The second-order valence-electron chi connectivity index (χ2n) is 6.73. The van der Waals surface area contributed by atoms with Crippen molar-refractivity contribution in [2.45, 2.75) is 38.1 Å². The minimum atomic E-state index is 0. The van der Waals surface area contributed by atoms with Gasteiger partial charge in [0.05, 0.1) is 0 Å². The number of hydrogen-bond donors (Lipinski definition) is 1. The second-order valence-corrected chi connectivity index (χ2v) is 9.02. The highest BCUT2D eigenvalue weighted by molar-refractivity contribution is 7.99. The molecule has 0 bridgehead atoms. The number of halogens is 1. The number of rotatable bonds is 4. The van der Waals surface area contributed by atoms with Crippen molar-refractivity contribution in [3.63, 3.8) is 0 Å². The first kappa shape index (κ1) is 20.9. The van der Waals surface area contributed by atoms with E-state index in [-0.39, 0.29) is 18.3 Å². The Balaban J connectivity index is 0.00000225. The van der Waals surface area contributed by atoms with Crippen LogP contribution in [0.25, 0.3) is 10.2 Å². The molecule has 3 heterocycles. The molecule has 0 fully saturated rings. The number of aryl methyl sites for hydroxylation is 2. The molecule has 0 saturated heterocycles. The molecule has 0 radical (unpaired) electrons. The molecule has 0 atom stereocenters. The molecule has 2 aromatic heterocycles. The average molecular weight is 435 g/mol. The molecule has 4 rings (SSSR count). The van der Waals surface area contributed by atoms with E-state index in [4.69, 9.17) is 5.73 Å². The maximum Gasteiger partial charge on any atom is 0.227 e. The maximum atomic E-state index is 12.8. The van der Waals surface area contributed by atoms with Crippen LogP contribution in [0.4, 0.5) is 11.4 Å². The summed E-state index contributed by atoms with van der Waals surface area (Å²) < 4.78 is 0. The number of nitrogens with zero attached hydrogens (tertiary/aromatic N) is 3.